The number of hydrogen-bond donors (Lipinski definition) is 2. The Hall–Kier alpha value is -1.87. The molecule has 0 saturated carbocycles. The molecule has 0 fully saturated rings. The molecule has 1 heterocycles. The number of benzene rings is 1. The van der Waals surface area contributed by atoms with E-state index in [1.165, 1.54) is 0 Å². The van der Waals surface area contributed by atoms with Crippen molar-refractivity contribution in [1.29, 1.82) is 0 Å². The van der Waals surface area contributed by atoms with Crippen molar-refractivity contribution in [1.82, 2.24) is 4.98 Å². The van der Waals surface area contributed by atoms with Gasteiger partial charge in [-0.05, 0) is 37.0 Å². The van der Waals surface area contributed by atoms with Gasteiger partial charge in [0.05, 0.1) is 19.3 Å². The average molecular weight is 498 g/mol. The Balaban J connectivity index is 0.00000392. The molecule has 0 radical (unpaired) electrons. The van der Waals surface area contributed by atoms with Gasteiger partial charge in [-0.1, -0.05) is 32.0 Å². The molecule has 1 aromatic heterocycles. The van der Waals surface area contributed by atoms with Crippen molar-refractivity contribution in [3.63, 3.8) is 0 Å². The fourth-order valence-electron chi connectivity index (χ4n) is 2.81. The van der Waals surface area contributed by atoms with E-state index in [1.54, 1.807) is 13.3 Å². The Bertz CT molecular complexity index is 753. The van der Waals surface area contributed by atoms with Gasteiger partial charge in [0.25, 0.3) is 0 Å². The number of nitrogens with one attached hydrogen (secondary N) is 1. The van der Waals surface area contributed by atoms with Crippen molar-refractivity contribution < 1.29 is 9.47 Å². The normalized spacial score (nSPS) is 12.4. The van der Waals surface area contributed by atoms with E-state index in [-0.39, 0.29) is 30.1 Å². The maximum atomic E-state index is 6.04. The topological polar surface area (TPSA) is 81.8 Å². The Morgan fingerprint density at radius 3 is 2.68 bits per heavy atom. The van der Waals surface area contributed by atoms with Gasteiger partial charge in [0.2, 0.25) is 5.88 Å². The van der Waals surface area contributed by atoms with Crippen molar-refractivity contribution >= 4 is 35.6 Å². The third kappa shape index (κ3) is 8.43. The van der Waals surface area contributed by atoms with Crippen LogP contribution in [0.4, 0.5) is 5.69 Å². The summed E-state index contributed by atoms with van der Waals surface area (Å²) in [5, 5.41) is 3.13. The van der Waals surface area contributed by atoms with Crippen LogP contribution < -0.4 is 15.8 Å². The van der Waals surface area contributed by atoms with E-state index in [1.807, 2.05) is 36.4 Å². The molecule has 2 rings (SSSR count). The summed E-state index contributed by atoms with van der Waals surface area (Å²) in [6.45, 7) is 7.38. The van der Waals surface area contributed by atoms with E-state index < -0.39 is 0 Å². The summed E-state index contributed by atoms with van der Waals surface area (Å²) in [6, 6.07) is 11.7. The van der Waals surface area contributed by atoms with Gasteiger partial charge in [-0.3, -0.25) is 0 Å². The lowest BCUT2D eigenvalue weighted by atomic mass is 10.1. The smallest absolute Gasteiger partial charge is 0.213 e. The lowest BCUT2D eigenvalue weighted by Crippen LogP contribution is -2.23. The van der Waals surface area contributed by atoms with Crippen LogP contribution in [0.1, 0.15) is 38.3 Å². The molecule has 1 aromatic carbocycles. The second-order valence-electron chi connectivity index (χ2n) is 6.98. The summed E-state index contributed by atoms with van der Waals surface area (Å²) in [4.78, 5) is 8.70. The Morgan fingerprint density at radius 1 is 1.21 bits per heavy atom. The van der Waals surface area contributed by atoms with E-state index in [0.29, 0.717) is 30.9 Å². The van der Waals surface area contributed by atoms with Crippen LogP contribution >= 0.6 is 24.0 Å². The molecule has 0 amide bonds. The molecule has 28 heavy (non-hydrogen) atoms. The Labute approximate surface area is 185 Å². The van der Waals surface area contributed by atoms with Gasteiger partial charge in [0.1, 0.15) is 0 Å². The number of nitrogens with zero attached hydrogens (tertiary/aromatic N) is 2. The Kier molecular flexibility index (Phi) is 10.8. The number of rotatable bonds is 9. The van der Waals surface area contributed by atoms with Gasteiger partial charge in [0.15, 0.2) is 5.96 Å². The van der Waals surface area contributed by atoms with Crippen molar-refractivity contribution in [2.24, 2.45) is 16.6 Å². The van der Waals surface area contributed by atoms with Crippen molar-refractivity contribution in [2.75, 3.05) is 12.4 Å². The second kappa shape index (κ2) is 12.6. The van der Waals surface area contributed by atoms with Gasteiger partial charge < -0.3 is 20.5 Å². The standard InChI is InChI=1S/C21H30N4O2.HI/c1-15(2)11-16(3)27-20-12-17(9-10-23-20)13-24-21(22)25-19-8-6-5-7-18(19)14-26-4;/h5-10,12,15-16H,11,13-14H2,1-4H3,(H3,22,24,25);1H. The molecule has 1 unspecified atom stereocenters. The quantitative estimate of drug-likeness (QED) is 0.301. The van der Waals surface area contributed by atoms with Crippen LogP contribution in [0.15, 0.2) is 47.6 Å². The molecule has 0 aliphatic rings. The number of ether oxygens (including phenoxy) is 2. The highest BCUT2D eigenvalue weighted by molar-refractivity contribution is 14.0. The first-order chi connectivity index (χ1) is 13.0. The molecule has 7 heteroatoms. The molecule has 3 N–H and O–H groups in total. The van der Waals surface area contributed by atoms with E-state index in [0.717, 1.165) is 23.2 Å². The highest BCUT2D eigenvalue weighted by atomic mass is 127. The van der Waals surface area contributed by atoms with Crippen LogP contribution in [0.3, 0.4) is 0 Å². The fraction of sp³-hybridized carbons (Fsp3) is 0.429. The maximum Gasteiger partial charge on any atom is 0.213 e. The van der Waals surface area contributed by atoms with Crippen LogP contribution in [0.25, 0.3) is 0 Å². The average Bonchev–Trinajstić information content (AvgIpc) is 2.61. The van der Waals surface area contributed by atoms with E-state index in [9.17, 15) is 0 Å². The van der Waals surface area contributed by atoms with Crippen molar-refractivity contribution in [2.45, 2.75) is 46.4 Å². The van der Waals surface area contributed by atoms with Crippen molar-refractivity contribution in [3.05, 3.63) is 53.7 Å². The zero-order valence-corrected chi connectivity index (χ0v) is 19.3. The number of methoxy groups -OCH3 is 1. The van der Waals surface area contributed by atoms with Crippen LogP contribution in [-0.4, -0.2) is 24.2 Å². The van der Waals surface area contributed by atoms with Crippen LogP contribution in [0, 0.1) is 5.92 Å². The minimum atomic E-state index is 0. The van der Waals surface area contributed by atoms with Gasteiger partial charge >= 0.3 is 0 Å². The largest absolute Gasteiger partial charge is 0.475 e. The third-order valence-electron chi connectivity index (χ3n) is 3.94. The molecule has 0 bridgehead atoms. The molecular weight excluding hydrogens is 467 g/mol. The number of nitrogens with two attached hydrogens (primary N) is 1. The number of guanidine groups is 1. The van der Waals surface area contributed by atoms with E-state index in [4.69, 9.17) is 15.2 Å². The maximum absolute atomic E-state index is 6.04. The highest BCUT2D eigenvalue weighted by Gasteiger charge is 2.08. The number of para-hydroxylation sites is 1. The van der Waals surface area contributed by atoms with Gasteiger partial charge in [-0.15, -0.1) is 24.0 Å². The van der Waals surface area contributed by atoms with Crippen LogP contribution in [-0.2, 0) is 17.9 Å². The number of anilines is 1. The molecular formula is C21H31IN4O2. The molecule has 0 aliphatic heterocycles. The molecule has 154 valence electrons. The minimum Gasteiger partial charge on any atom is -0.475 e. The zero-order valence-electron chi connectivity index (χ0n) is 17.0. The summed E-state index contributed by atoms with van der Waals surface area (Å²) in [7, 11) is 1.67. The number of aliphatic imine (C=N–C) groups is 1. The first-order valence-electron chi connectivity index (χ1n) is 9.23. The molecule has 2 aromatic rings. The number of aromatic nitrogens is 1. The number of hydrogen-bond acceptors (Lipinski definition) is 4. The van der Waals surface area contributed by atoms with Gasteiger partial charge in [-0.2, -0.15) is 0 Å². The number of halogens is 1. The first kappa shape index (κ1) is 24.2. The second-order valence-corrected chi connectivity index (χ2v) is 6.98. The van der Waals surface area contributed by atoms with Crippen LogP contribution in [0.5, 0.6) is 5.88 Å². The molecule has 0 aliphatic carbocycles. The molecule has 0 spiro atoms. The molecule has 0 saturated heterocycles. The van der Waals surface area contributed by atoms with E-state index in [2.05, 4.69) is 36.1 Å². The highest BCUT2D eigenvalue weighted by Crippen LogP contribution is 2.17. The fourth-order valence-corrected chi connectivity index (χ4v) is 2.81. The lowest BCUT2D eigenvalue weighted by molar-refractivity contribution is 0.185. The summed E-state index contributed by atoms with van der Waals surface area (Å²) >= 11 is 0. The predicted molar refractivity (Wildman–Crippen MR) is 125 cm³/mol. The summed E-state index contributed by atoms with van der Waals surface area (Å²) < 4.78 is 11.1. The van der Waals surface area contributed by atoms with Gasteiger partial charge in [-0.25, -0.2) is 9.98 Å². The molecule has 1 atom stereocenters. The lowest BCUT2D eigenvalue weighted by Gasteiger charge is -2.16. The number of pyridine rings is 1. The molecule has 6 nitrogen and oxygen atoms in total. The van der Waals surface area contributed by atoms with E-state index >= 15 is 0 Å². The van der Waals surface area contributed by atoms with Crippen molar-refractivity contribution in [3.8, 4) is 5.88 Å². The summed E-state index contributed by atoms with van der Waals surface area (Å²) in [5.74, 6) is 1.55. The zero-order chi connectivity index (χ0) is 19.6. The predicted octanol–water partition coefficient (Wildman–Crippen LogP) is 4.59. The van der Waals surface area contributed by atoms with Crippen LogP contribution in [0.2, 0.25) is 0 Å². The Morgan fingerprint density at radius 2 is 1.96 bits per heavy atom. The summed E-state index contributed by atoms with van der Waals surface area (Å²) in [5.41, 5.74) is 8.95. The third-order valence-corrected chi connectivity index (χ3v) is 3.94. The first-order valence-corrected chi connectivity index (χ1v) is 9.23. The monoisotopic (exact) mass is 498 g/mol. The summed E-state index contributed by atoms with van der Waals surface area (Å²) in [6.07, 6.45) is 2.85. The van der Waals surface area contributed by atoms with Gasteiger partial charge in [0, 0.05) is 30.6 Å². The minimum absolute atomic E-state index is 0. The SMILES string of the molecule is COCc1ccccc1NC(N)=NCc1ccnc(OC(C)CC(C)C)c1.I.